The summed E-state index contributed by atoms with van der Waals surface area (Å²) in [5.74, 6) is 1.56. The summed E-state index contributed by atoms with van der Waals surface area (Å²) in [4.78, 5) is 16.9. The predicted octanol–water partition coefficient (Wildman–Crippen LogP) is 3.61. The van der Waals surface area contributed by atoms with E-state index in [2.05, 4.69) is 4.90 Å². The van der Waals surface area contributed by atoms with Crippen LogP contribution in [0.4, 0.5) is 5.69 Å². The average molecular weight is 528 g/mol. The van der Waals surface area contributed by atoms with Crippen molar-refractivity contribution in [2.75, 3.05) is 50.1 Å². The number of ether oxygens (including phenoxy) is 2. The third-order valence-electron chi connectivity index (χ3n) is 5.90. The van der Waals surface area contributed by atoms with Crippen LogP contribution in [0.1, 0.15) is 18.4 Å². The zero-order valence-corrected chi connectivity index (χ0v) is 21.2. The molecule has 0 N–H and O–H groups in total. The second-order valence-corrected chi connectivity index (χ2v) is 11.1. The molecule has 0 spiro atoms. The molecule has 184 valence electrons. The third kappa shape index (κ3) is 6.07. The van der Waals surface area contributed by atoms with E-state index in [1.54, 1.807) is 12.1 Å². The summed E-state index contributed by atoms with van der Waals surface area (Å²) in [6, 6.07) is 10.6. The Labute approximate surface area is 210 Å². The monoisotopic (exact) mass is 527 g/mol. The third-order valence-corrected chi connectivity index (χ3v) is 7.63. The van der Waals surface area contributed by atoms with Crippen molar-refractivity contribution in [1.82, 2.24) is 9.80 Å². The number of fused-ring (bicyclic) bond motifs is 1. The Morgan fingerprint density at radius 3 is 2.50 bits per heavy atom. The lowest BCUT2D eigenvalue weighted by molar-refractivity contribution is -0.133. The minimum atomic E-state index is -3.58. The maximum atomic E-state index is 12.7. The fraction of sp³-hybridized carbons (Fsp3) is 0.435. The van der Waals surface area contributed by atoms with Crippen molar-refractivity contribution in [3.8, 4) is 11.5 Å². The van der Waals surface area contributed by atoms with Gasteiger partial charge in [-0.25, -0.2) is 8.42 Å². The summed E-state index contributed by atoms with van der Waals surface area (Å²) in [7, 11) is -3.58. The van der Waals surface area contributed by atoms with Crippen molar-refractivity contribution in [2.24, 2.45) is 0 Å². The highest BCUT2D eigenvalue weighted by Gasteiger charge is 2.24. The first-order chi connectivity index (χ1) is 16.2. The molecular formula is C23H27Cl2N3O5S. The molecule has 2 heterocycles. The number of sulfonamides is 1. The van der Waals surface area contributed by atoms with Crippen LogP contribution >= 0.6 is 23.2 Å². The molecule has 2 aliphatic rings. The number of benzene rings is 2. The van der Waals surface area contributed by atoms with Gasteiger partial charge < -0.3 is 14.4 Å². The molecule has 0 atom stereocenters. The zero-order valence-electron chi connectivity index (χ0n) is 18.9. The molecule has 1 fully saturated rings. The van der Waals surface area contributed by atoms with Crippen LogP contribution in [0.25, 0.3) is 0 Å². The highest BCUT2D eigenvalue weighted by atomic mass is 35.5. The maximum Gasteiger partial charge on any atom is 0.232 e. The van der Waals surface area contributed by atoms with E-state index in [0.29, 0.717) is 35.2 Å². The molecule has 1 amide bonds. The molecular weight excluding hydrogens is 501 g/mol. The number of hydrogen-bond donors (Lipinski definition) is 0. The molecule has 2 aromatic rings. The van der Waals surface area contributed by atoms with Gasteiger partial charge in [0.15, 0.2) is 11.5 Å². The number of carbonyl (C=O) groups is 1. The molecule has 2 aromatic carbocycles. The topological polar surface area (TPSA) is 79.4 Å². The van der Waals surface area contributed by atoms with Crippen LogP contribution in [0, 0.1) is 0 Å². The Balaban J connectivity index is 1.26. The van der Waals surface area contributed by atoms with E-state index in [9.17, 15) is 13.2 Å². The smallest absolute Gasteiger partial charge is 0.232 e. The molecule has 4 rings (SSSR count). The normalized spacial score (nSPS) is 16.0. The lowest BCUT2D eigenvalue weighted by atomic mass is 10.1. The summed E-state index contributed by atoms with van der Waals surface area (Å²) in [5, 5.41) is 0.683. The first kappa shape index (κ1) is 24.9. The number of amides is 1. The summed E-state index contributed by atoms with van der Waals surface area (Å²) in [5.41, 5.74) is 1.46. The van der Waals surface area contributed by atoms with Gasteiger partial charge in [-0.1, -0.05) is 29.3 Å². The van der Waals surface area contributed by atoms with Gasteiger partial charge in [-0.3, -0.25) is 14.0 Å². The van der Waals surface area contributed by atoms with Crippen molar-refractivity contribution in [3.05, 3.63) is 52.0 Å². The second kappa shape index (κ2) is 10.6. The first-order valence-electron chi connectivity index (χ1n) is 11.0. The van der Waals surface area contributed by atoms with Gasteiger partial charge in [-0.15, -0.1) is 0 Å². The van der Waals surface area contributed by atoms with Gasteiger partial charge in [0.1, 0.15) is 0 Å². The van der Waals surface area contributed by atoms with E-state index in [4.69, 9.17) is 32.7 Å². The molecule has 34 heavy (non-hydrogen) atoms. The van der Waals surface area contributed by atoms with Gasteiger partial charge in [-0.2, -0.15) is 0 Å². The highest BCUT2D eigenvalue weighted by molar-refractivity contribution is 7.92. The Kier molecular flexibility index (Phi) is 7.77. The van der Waals surface area contributed by atoms with E-state index in [0.717, 1.165) is 43.0 Å². The van der Waals surface area contributed by atoms with Crippen molar-refractivity contribution < 1.29 is 22.7 Å². The molecule has 0 aliphatic carbocycles. The lowest BCUT2D eigenvalue weighted by Gasteiger charge is -2.35. The molecule has 0 bridgehead atoms. The SMILES string of the molecule is CS(=O)(=O)N(CCCC(=O)N1CCN(Cc2ccc3c(c2)OCO3)CC1)c1cc(Cl)ccc1Cl. The molecule has 0 radical (unpaired) electrons. The lowest BCUT2D eigenvalue weighted by Crippen LogP contribution is -2.48. The summed E-state index contributed by atoms with van der Waals surface area (Å²) >= 11 is 12.2. The van der Waals surface area contributed by atoms with E-state index >= 15 is 0 Å². The first-order valence-corrected chi connectivity index (χ1v) is 13.6. The molecule has 0 aromatic heterocycles. The molecule has 8 nitrogen and oxygen atoms in total. The molecule has 0 unspecified atom stereocenters. The Morgan fingerprint density at radius 1 is 1.03 bits per heavy atom. The van der Waals surface area contributed by atoms with Gasteiger partial charge in [-0.05, 0) is 42.3 Å². The fourth-order valence-electron chi connectivity index (χ4n) is 4.13. The standard InChI is InChI=1S/C23H27Cl2N3O5S/c1-34(30,31)28(20-14-18(24)5-6-19(20)25)8-2-3-23(29)27-11-9-26(10-12-27)15-17-4-7-21-22(13-17)33-16-32-21/h4-7,13-14H,2-3,8-12,15-16H2,1H3. The van der Waals surface area contributed by atoms with E-state index in [-0.39, 0.29) is 25.7 Å². The van der Waals surface area contributed by atoms with Crippen molar-refractivity contribution in [1.29, 1.82) is 0 Å². The Morgan fingerprint density at radius 2 is 1.76 bits per heavy atom. The fourth-order valence-corrected chi connectivity index (χ4v) is 5.53. The van der Waals surface area contributed by atoms with Gasteiger partial charge in [0.05, 0.1) is 17.0 Å². The van der Waals surface area contributed by atoms with Crippen LogP contribution in [0.3, 0.4) is 0 Å². The number of carbonyl (C=O) groups excluding carboxylic acids is 1. The number of rotatable bonds is 8. The van der Waals surface area contributed by atoms with Crippen LogP contribution in [0.2, 0.25) is 10.0 Å². The minimum absolute atomic E-state index is 0.0216. The van der Waals surface area contributed by atoms with Crippen molar-refractivity contribution in [3.63, 3.8) is 0 Å². The minimum Gasteiger partial charge on any atom is -0.454 e. The number of nitrogens with zero attached hydrogens (tertiary/aromatic N) is 3. The van der Waals surface area contributed by atoms with Crippen LogP contribution < -0.4 is 13.8 Å². The van der Waals surface area contributed by atoms with Crippen molar-refractivity contribution >= 4 is 44.8 Å². The van der Waals surface area contributed by atoms with Crippen LogP contribution in [-0.4, -0.2) is 69.9 Å². The molecule has 2 aliphatic heterocycles. The van der Waals surface area contributed by atoms with E-state index in [1.165, 1.54) is 10.4 Å². The largest absolute Gasteiger partial charge is 0.454 e. The molecule has 0 saturated carbocycles. The quantitative estimate of drug-likeness (QED) is 0.521. The Bertz CT molecular complexity index is 1150. The number of hydrogen-bond acceptors (Lipinski definition) is 6. The number of anilines is 1. The zero-order chi connectivity index (χ0) is 24.3. The van der Waals surface area contributed by atoms with Gasteiger partial charge in [0.25, 0.3) is 0 Å². The maximum absolute atomic E-state index is 12.7. The van der Waals surface area contributed by atoms with E-state index in [1.807, 2.05) is 23.1 Å². The van der Waals surface area contributed by atoms with E-state index < -0.39 is 10.0 Å². The average Bonchev–Trinajstić information content (AvgIpc) is 3.26. The van der Waals surface area contributed by atoms with Gasteiger partial charge in [0.2, 0.25) is 22.7 Å². The predicted molar refractivity (Wildman–Crippen MR) is 132 cm³/mol. The summed E-state index contributed by atoms with van der Waals surface area (Å²) in [6.07, 6.45) is 1.75. The van der Waals surface area contributed by atoms with Crippen LogP contribution in [0.15, 0.2) is 36.4 Å². The summed E-state index contributed by atoms with van der Waals surface area (Å²) in [6.45, 7) is 4.00. The molecule has 11 heteroatoms. The summed E-state index contributed by atoms with van der Waals surface area (Å²) < 4.78 is 36.7. The Hall–Kier alpha value is -2.20. The second-order valence-electron chi connectivity index (χ2n) is 8.38. The molecule has 1 saturated heterocycles. The number of piperazine rings is 1. The van der Waals surface area contributed by atoms with Crippen LogP contribution in [-0.2, 0) is 21.4 Å². The van der Waals surface area contributed by atoms with Gasteiger partial charge in [0, 0.05) is 50.7 Å². The van der Waals surface area contributed by atoms with Crippen LogP contribution in [0.5, 0.6) is 11.5 Å². The number of halogens is 2. The van der Waals surface area contributed by atoms with Gasteiger partial charge >= 0.3 is 0 Å². The highest BCUT2D eigenvalue weighted by Crippen LogP contribution is 2.33. The van der Waals surface area contributed by atoms with Crippen molar-refractivity contribution in [2.45, 2.75) is 19.4 Å².